The van der Waals surface area contributed by atoms with Gasteiger partial charge in [0, 0.05) is 6.20 Å². The fourth-order valence-electron chi connectivity index (χ4n) is 3.71. The number of carbonyl (C=O) groups is 1. The number of hydrogen-bond acceptors (Lipinski definition) is 7. The second-order valence-electron chi connectivity index (χ2n) is 7.27. The molecule has 3 aromatic heterocycles. The summed E-state index contributed by atoms with van der Waals surface area (Å²) in [5, 5.41) is 8.89. The molecule has 30 heavy (non-hydrogen) atoms. The van der Waals surface area contributed by atoms with E-state index < -0.39 is 5.97 Å². The van der Waals surface area contributed by atoms with Crippen molar-refractivity contribution in [2.24, 2.45) is 5.92 Å². The number of aromatic nitrogens is 6. The normalized spacial score (nSPS) is 18.8. The van der Waals surface area contributed by atoms with Gasteiger partial charge in [0.15, 0.2) is 10.1 Å². The number of nitrogens with zero attached hydrogens (tertiary/aromatic N) is 6. The number of fused-ring (bicyclic) bond motifs is 1. The third-order valence-corrected chi connectivity index (χ3v) is 5.82. The Balaban J connectivity index is 0.00000256. The first kappa shape index (κ1) is 22.2. The highest BCUT2D eigenvalue weighted by Gasteiger charge is 2.26. The fourth-order valence-corrected chi connectivity index (χ4v) is 4.16. The van der Waals surface area contributed by atoms with E-state index in [0.29, 0.717) is 40.2 Å². The summed E-state index contributed by atoms with van der Waals surface area (Å²) < 4.78 is 14.6. The van der Waals surface area contributed by atoms with Crippen LogP contribution in [0.3, 0.4) is 0 Å². The highest BCUT2D eigenvalue weighted by molar-refractivity contribution is 9.10. The first-order chi connectivity index (χ1) is 14.0. The van der Waals surface area contributed by atoms with E-state index in [1.807, 2.05) is 4.68 Å². The number of esters is 1. The van der Waals surface area contributed by atoms with Crippen LogP contribution in [0.25, 0.3) is 17.0 Å². The lowest BCUT2D eigenvalue weighted by molar-refractivity contribution is 0.0526. The maximum atomic E-state index is 11.9. The van der Waals surface area contributed by atoms with Gasteiger partial charge in [0.1, 0.15) is 5.52 Å². The second-order valence-corrected chi connectivity index (χ2v) is 8.02. The Labute approximate surface area is 183 Å². The van der Waals surface area contributed by atoms with E-state index in [2.05, 4.69) is 43.0 Å². The molecule has 0 saturated heterocycles. The molecule has 0 unspecified atom stereocenters. The minimum absolute atomic E-state index is 0. The molecule has 4 rings (SSSR count). The van der Waals surface area contributed by atoms with E-state index in [0.717, 1.165) is 24.3 Å². The lowest BCUT2D eigenvalue weighted by Gasteiger charge is -2.26. The lowest BCUT2D eigenvalue weighted by Crippen LogP contribution is -2.18. The van der Waals surface area contributed by atoms with Crippen molar-refractivity contribution in [2.45, 2.75) is 53.0 Å². The Kier molecular flexibility index (Phi) is 6.74. The summed E-state index contributed by atoms with van der Waals surface area (Å²) in [6.07, 6.45) is 7.46. The van der Waals surface area contributed by atoms with Gasteiger partial charge >= 0.3 is 5.97 Å². The van der Waals surface area contributed by atoms with Gasteiger partial charge in [-0.15, -0.1) is 0 Å². The van der Waals surface area contributed by atoms with Crippen molar-refractivity contribution in [1.29, 1.82) is 0 Å². The minimum Gasteiger partial charge on any atom is -0.479 e. The van der Waals surface area contributed by atoms with Crippen LogP contribution in [0.4, 0.5) is 0 Å². The zero-order valence-electron chi connectivity index (χ0n) is 16.6. The number of ether oxygens (including phenoxy) is 2. The zero-order chi connectivity index (χ0) is 20.5. The predicted octanol–water partition coefficient (Wildman–Crippen LogP) is 4.35. The molecule has 0 aliphatic heterocycles. The molecule has 0 bridgehead atoms. The van der Waals surface area contributed by atoms with E-state index in [1.165, 1.54) is 23.7 Å². The van der Waals surface area contributed by atoms with Gasteiger partial charge < -0.3 is 9.47 Å². The van der Waals surface area contributed by atoms with Crippen LogP contribution in [0, 0.1) is 5.92 Å². The number of rotatable bonds is 5. The summed E-state index contributed by atoms with van der Waals surface area (Å²) in [6, 6.07) is 0.295. The van der Waals surface area contributed by atoms with Gasteiger partial charge in [-0.05, 0) is 54.5 Å². The molecule has 0 amide bonds. The van der Waals surface area contributed by atoms with Crippen LogP contribution in [-0.4, -0.2) is 49.2 Å². The van der Waals surface area contributed by atoms with E-state index in [-0.39, 0.29) is 7.43 Å². The molecule has 0 radical (unpaired) electrons. The van der Waals surface area contributed by atoms with Crippen molar-refractivity contribution >= 4 is 32.9 Å². The average Bonchev–Trinajstić information content (AvgIpc) is 3.34. The van der Waals surface area contributed by atoms with Gasteiger partial charge in [0.25, 0.3) is 5.95 Å². The quantitative estimate of drug-likeness (QED) is 0.502. The molecule has 1 aliphatic rings. The topological polar surface area (TPSA) is 96.9 Å². The zero-order valence-corrected chi connectivity index (χ0v) is 18.2. The molecule has 3 heterocycles. The summed E-state index contributed by atoms with van der Waals surface area (Å²) in [5.74, 6) is 1.03. The summed E-state index contributed by atoms with van der Waals surface area (Å²) in [5.41, 5.74) is 1.75. The molecule has 1 aliphatic carbocycles. The SMILES string of the molecule is C.CCOC(=O)c1cnn(-c2nc(OC)c3c(n2)c(Br)nn3C2CCC(C)CC2)c1. The van der Waals surface area contributed by atoms with Gasteiger partial charge in [-0.1, -0.05) is 14.4 Å². The Bertz CT molecular complexity index is 1040. The minimum atomic E-state index is -0.438. The maximum Gasteiger partial charge on any atom is 0.341 e. The van der Waals surface area contributed by atoms with Gasteiger partial charge in [0.2, 0.25) is 5.88 Å². The van der Waals surface area contributed by atoms with Gasteiger partial charge in [-0.2, -0.15) is 15.2 Å². The number of methoxy groups -OCH3 is 1. The molecule has 0 atom stereocenters. The van der Waals surface area contributed by atoms with E-state index in [1.54, 1.807) is 20.2 Å². The molecule has 10 heteroatoms. The molecular weight excluding hydrogens is 452 g/mol. The molecule has 1 fully saturated rings. The third kappa shape index (κ3) is 4.05. The number of halogens is 1. The van der Waals surface area contributed by atoms with Crippen LogP contribution in [-0.2, 0) is 4.74 Å². The number of carbonyl (C=O) groups excluding carboxylic acids is 1. The van der Waals surface area contributed by atoms with Gasteiger partial charge in [-0.3, -0.25) is 4.68 Å². The average molecular weight is 479 g/mol. The second kappa shape index (κ2) is 9.11. The lowest BCUT2D eigenvalue weighted by atomic mass is 9.87. The molecule has 3 aromatic rings. The van der Waals surface area contributed by atoms with Crippen LogP contribution < -0.4 is 4.74 Å². The highest BCUT2D eigenvalue weighted by Crippen LogP contribution is 2.37. The molecule has 162 valence electrons. The van der Waals surface area contributed by atoms with Crippen molar-refractivity contribution in [2.75, 3.05) is 13.7 Å². The smallest absolute Gasteiger partial charge is 0.341 e. The molecule has 0 spiro atoms. The van der Waals surface area contributed by atoms with E-state index >= 15 is 0 Å². The molecule has 0 aromatic carbocycles. The van der Waals surface area contributed by atoms with Gasteiger partial charge in [0.05, 0.1) is 31.5 Å². The molecule has 0 N–H and O–H groups in total. The van der Waals surface area contributed by atoms with Crippen LogP contribution in [0.5, 0.6) is 5.88 Å². The monoisotopic (exact) mass is 478 g/mol. The van der Waals surface area contributed by atoms with Crippen LogP contribution in [0.15, 0.2) is 17.0 Å². The van der Waals surface area contributed by atoms with Crippen molar-refractivity contribution in [3.05, 3.63) is 22.6 Å². The van der Waals surface area contributed by atoms with Crippen LogP contribution >= 0.6 is 15.9 Å². The van der Waals surface area contributed by atoms with E-state index in [9.17, 15) is 4.79 Å². The Hall–Kier alpha value is -2.49. The van der Waals surface area contributed by atoms with Crippen molar-refractivity contribution < 1.29 is 14.3 Å². The predicted molar refractivity (Wildman–Crippen MR) is 116 cm³/mol. The standard InChI is InChI=1S/C19H23BrN6O3.CH4/c1-4-29-18(27)12-9-21-25(10-12)19-22-14-15(17(23-19)28-3)26(24-16(14)20)13-7-5-11(2)6-8-13;/h9-11,13H,4-8H2,1-3H3;1H4. The van der Waals surface area contributed by atoms with Gasteiger partial charge in [-0.25, -0.2) is 14.5 Å². The first-order valence-corrected chi connectivity index (χ1v) is 10.5. The first-order valence-electron chi connectivity index (χ1n) is 9.73. The van der Waals surface area contributed by atoms with Crippen molar-refractivity contribution in [3.8, 4) is 11.8 Å². The summed E-state index contributed by atoms with van der Waals surface area (Å²) in [7, 11) is 1.58. The van der Waals surface area contributed by atoms with Crippen molar-refractivity contribution in [3.63, 3.8) is 0 Å². The summed E-state index contributed by atoms with van der Waals surface area (Å²) in [6.45, 7) is 4.34. The summed E-state index contributed by atoms with van der Waals surface area (Å²) >= 11 is 3.53. The third-order valence-electron chi connectivity index (χ3n) is 5.28. The summed E-state index contributed by atoms with van der Waals surface area (Å²) in [4.78, 5) is 21.1. The van der Waals surface area contributed by atoms with Crippen LogP contribution in [0.1, 0.15) is 63.4 Å². The Morgan fingerprint density at radius 3 is 2.67 bits per heavy atom. The van der Waals surface area contributed by atoms with Crippen LogP contribution in [0.2, 0.25) is 0 Å². The Morgan fingerprint density at radius 2 is 2.00 bits per heavy atom. The fraction of sp³-hybridized carbons (Fsp3) is 0.550. The van der Waals surface area contributed by atoms with E-state index in [4.69, 9.17) is 9.47 Å². The number of hydrogen-bond donors (Lipinski definition) is 0. The highest BCUT2D eigenvalue weighted by atomic mass is 79.9. The molecule has 1 saturated carbocycles. The largest absolute Gasteiger partial charge is 0.479 e. The maximum absolute atomic E-state index is 11.9. The Morgan fingerprint density at radius 1 is 1.27 bits per heavy atom. The van der Waals surface area contributed by atoms with Crippen molar-refractivity contribution in [1.82, 2.24) is 29.5 Å². The molecular formula is C20H27BrN6O3. The molecule has 9 nitrogen and oxygen atoms in total.